The maximum Gasteiger partial charge on any atom is 0.251 e. The molecule has 1 fully saturated rings. The Kier molecular flexibility index (Phi) is 9.00. The van der Waals surface area contributed by atoms with Crippen molar-refractivity contribution in [2.24, 2.45) is 5.41 Å². The fourth-order valence-electron chi connectivity index (χ4n) is 3.72. The molecule has 1 aromatic carbocycles. The van der Waals surface area contributed by atoms with Gasteiger partial charge in [0.15, 0.2) is 0 Å². The van der Waals surface area contributed by atoms with Crippen LogP contribution in [0.15, 0.2) is 18.2 Å². The van der Waals surface area contributed by atoms with Gasteiger partial charge in [-0.3, -0.25) is 4.79 Å². The van der Waals surface area contributed by atoms with Crippen LogP contribution in [0.4, 0.5) is 5.69 Å². The number of fused-ring (bicyclic) bond motifs is 1. The van der Waals surface area contributed by atoms with Crippen LogP contribution >= 0.6 is 24.8 Å². The maximum absolute atomic E-state index is 12.7. The molecule has 25 heavy (non-hydrogen) atoms. The lowest BCUT2D eigenvalue weighted by atomic mass is 9.79. The van der Waals surface area contributed by atoms with Crippen molar-refractivity contribution in [3.05, 3.63) is 29.3 Å². The summed E-state index contributed by atoms with van der Waals surface area (Å²) in [6, 6.07) is 5.96. The summed E-state index contributed by atoms with van der Waals surface area (Å²) < 4.78 is 5.42. The van der Waals surface area contributed by atoms with E-state index < -0.39 is 0 Å². The number of carbonyl (C=O) groups is 1. The van der Waals surface area contributed by atoms with Crippen molar-refractivity contribution in [1.82, 2.24) is 10.6 Å². The molecule has 0 bridgehead atoms. The van der Waals surface area contributed by atoms with Crippen molar-refractivity contribution in [3.8, 4) is 0 Å². The Bertz CT molecular complexity index is 558. The number of halogens is 2. The largest absolute Gasteiger partial charge is 0.385 e. The molecule has 3 rings (SSSR count). The molecule has 1 aromatic rings. The number of rotatable bonds is 5. The third-order valence-electron chi connectivity index (χ3n) is 5.08. The maximum atomic E-state index is 12.7. The number of ether oxygens (including phenoxy) is 1. The third kappa shape index (κ3) is 5.23. The number of carbonyl (C=O) groups excluding carboxylic acids is 1. The van der Waals surface area contributed by atoms with Gasteiger partial charge < -0.3 is 20.7 Å². The van der Waals surface area contributed by atoms with E-state index in [1.54, 1.807) is 7.11 Å². The lowest BCUT2D eigenvalue weighted by Crippen LogP contribution is -2.47. The fraction of sp³-hybridized carbons (Fsp3) is 0.611. The lowest BCUT2D eigenvalue weighted by Gasteiger charge is -2.37. The molecule has 0 spiro atoms. The van der Waals surface area contributed by atoms with E-state index in [0.29, 0.717) is 13.2 Å². The summed E-state index contributed by atoms with van der Waals surface area (Å²) >= 11 is 0. The van der Waals surface area contributed by atoms with E-state index in [4.69, 9.17) is 4.74 Å². The molecule has 7 heteroatoms. The predicted octanol–water partition coefficient (Wildman–Crippen LogP) is 2.63. The number of piperidine rings is 1. The van der Waals surface area contributed by atoms with Crippen molar-refractivity contribution in [1.29, 1.82) is 0 Å². The molecule has 0 radical (unpaired) electrons. The van der Waals surface area contributed by atoms with Crippen molar-refractivity contribution >= 4 is 36.4 Å². The molecule has 2 aliphatic heterocycles. The second-order valence-electron chi connectivity index (χ2n) is 6.73. The number of nitrogens with one attached hydrogen (secondary N) is 3. The minimum Gasteiger partial charge on any atom is -0.385 e. The molecular weight excluding hydrogens is 361 g/mol. The summed E-state index contributed by atoms with van der Waals surface area (Å²) in [6.45, 7) is 4.34. The van der Waals surface area contributed by atoms with Crippen molar-refractivity contribution in [2.45, 2.75) is 25.7 Å². The van der Waals surface area contributed by atoms with E-state index in [9.17, 15) is 4.79 Å². The van der Waals surface area contributed by atoms with Gasteiger partial charge in [0.25, 0.3) is 5.91 Å². The number of benzene rings is 1. The van der Waals surface area contributed by atoms with Crippen LogP contribution < -0.4 is 16.0 Å². The molecule has 0 aromatic heterocycles. The van der Waals surface area contributed by atoms with Crippen LogP contribution in [0, 0.1) is 5.41 Å². The predicted molar refractivity (Wildman–Crippen MR) is 106 cm³/mol. The SMILES string of the molecule is COCC1(CNC(=O)c2cccc3c2CCCN3)CCNCC1.Cl.Cl. The number of methoxy groups -OCH3 is 1. The highest BCUT2D eigenvalue weighted by Gasteiger charge is 2.32. The molecule has 3 N–H and O–H groups in total. The molecular formula is C18H29Cl2N3O2. The van der Waals surface area contributed by atoms with Crippen LogP contribution in [0.1, 0.15) is 35.2 Å². The molecule has 0 atom stereocenters. The average molecular weight is 390 g/mol. The van der Waals surface area contributed by atoms with Crippen LogP contribution in [0.25, 0.3) is 0 Å². The van der Waals surface area contributed by atoms with E-state index in [2.05, 4.69) is 22.0 Å². The highest BCUT2D eigenvalue weighted by atomic mass is 35.5. The van der Waals surface area contributed by atoms with Crippen molar-refractivity contribution in [3.63, 3.8) is 0 Å². The van der Waals surface area contributed by atoms with E-state index >= 15 is 0 Å². The molecule has 0 unspecified atom stereocenters. The molecule has 0 saturated carbocycles. The van der Waals surface area contributed by atoms with Gasteiger partial charge in [0.05, 0.1) is 6.61 Å². The summed E-state index contributed by atoms with van der Waals surface area (Å²) in [5.74, 6) is 0.0413. The number of hydrogen-bond donors (Lipinski definition) is 3. The number of amides is 1. The third-order valence-corrected chi connectivity index (χ3v) is 5.08. The average Bonchev–Trinajstić information content (AvgIpc) is 2.60. The highest BCUT2D eigenvalue weighted by molar-refractivity contribution is 5.97. The minimum absolute atomic E-state index is 0. The smallest absolute Gasteiger partial charge is 0.251 e. The fourth-order valence-corrected chi connectivity index (χ4v) is 3.72. The van der Waals surface area contributed by atoms with Gasteiger partial charge in [-0.2, -0.15) is 0 Å². The number of anilines is 1. The second kappa shape index (κ2) is 10.2. The Labute approximate surface area is 162 Å². The zero-order valence-electron chi connectivity index (χ0n) is 14.7. The lowest BCUT2D eigenvalue weighted by molar-refractivity contribution is 0.0511. The van der Waals surface area contributed by atoms with Gasteiger partial charge in [0.2, 0.25) is 0 Å². The summed E-state index contributed by atoms with van der Waals surface area (Å²) in [6.07, 6.45) is 4.13. The van der Waals surface area contributed by atoms with Gasteiger partial charge in [-0.05, 0) is 56.5 Å². The van der Waals surface area contributed by atoms with Crippen LogP contribution in [0.5, 0.6) is 0 Å². The van der Waals surface area contributed by atoms with Crippen molar-refractivity contribution in [2.75, 3.05) is 45.2 Å². The quantitative estimate of drug-likeness (QED) is 0.724. The first-order valence-electron chi connectivity index (χ1n) is 8.58. The molecule has 0 aliphatic carbocycles. The van der Waals surface area contributed by atoms with Crippen LogP contribution in [-0.2, 0) is 11.2 Å². The monoisotopic (exact) mass is 389 g/mol. The first kappa shape index (κ1) is 22.0. The minimum atomic E-state index is 0. The molecule has 142 valence electrons. The molecule has 1 amide bonds. The van der Waals surface area contributed by atoms with Crippen LogP contribution in [0.2, 0.25) is 0 Å². The zero-order chi connectivity index (χ0) is 16.1. The van der Waals surface area contributed by atoms with Crippen LogP contribution in [0.3, 0.4) is 0 Å². The zero-order valence-corrected chi connectivity index (χ0v) is 16.4. The molecule has 1 saturated heterocycles. The molecule has 5 nitrogen and oxygen atoms in total. The van der Waals surface area contributed by atoms with E-state index in [1.807, 2.05) is 12.1 Å². The molecule has 2 heterocycles. The molecule has 2 aliphatic rings. The normalized spacial score (nSPS) is 18.0. The van der Waals surface area contributed by atoms with Gasteiger partial charge in [-0.25, -0.2) is 0 Å². The Morgan fingerprint density at radius 2 is 2.00 bits per heavy atom. The topological polar surface area (TPSA) is 62.4 Å². The van der Waals surface area contributed by atoms with E-state index in [0.717, 1.165) is 62.1 Å². The Balaban J connectivity index is 0.00000156. The van der Waals surface area contributed by atoms with Crippen molar-refractivity contribution < 1.29 is 9.53 Å². The summed E-state index contributed by atoms with van der Waals surface area (Å²) in [4.78, 5) is 12.7. The summed E-state index contributed by atoms with van der Waals surface area (Å²) in [7, 11) is 1.74. The van der Waals surface area contributed by atoms with E-state index in [1.165, 1.54) is 0 Å². The second-order valence-corrected chi connectivity index (χ2v) is 6.73. The van der Waals surface area contributed by atoms with Gasteiger partial charge in [0, 0.05) is 36.9 Å². The van der Waals surface area contributed by atoms with Gasteiger partial charge >= 0.3 is 0 Å². The Morgan fingerprint density at radius 3 is 2.72 bits per heavy atom. The Morgan fingerprint density at radius 1 is 1.24 bits per heavy atom. The first-order chi connectivity index (χ1) is 11.2. The summed E-state index contributed by atoms with van der Waals surface area (Å²) in [5, 5.41) is 9.93. The standard InChI is InChI=1S/C18H27N3O2.2ClH/c1-23-13-18(7-10-19-11-8-18)12-21-17(22)15-4-2-6-16-14(15)5-3-9-20-16;;/h2,4,6,19-20H,3,5,7-13H2,1H3,(H,21,22);2*1H. The van der Waals surface area contributed by atoms with Gasteiger partial charge in [-0.15, -0.1) is 24.8 Å². The Hall–Kier alpha value is -1.01. The van der Waals surface area contributed by atoms with Gasteiger partial charge in [-0.1, -0.05) is 6.07 Å². The highest BCUT2D eigenvalue weighted by Crippen LogP contribution is 2.29. The number of hydrogen-bond acceptors (Lipinski definition) is 4. The van der Waals surface area contributed by atoms with Gasteiger partial charge in [0.1, 0.15) is 0 Å². The van der Waals surface area contributed by atoms with Crippen LogP contribution in [-0.4, -0.2) is 45.8 Å². The summed E-state index contributed by atoms with van der Waals surface area (Å²) in [5.41, 5.74) is 3.14. The first-order valence-corrected chi connectivity index (χ1v) is 8.58. The van der Waals surface area contributed by atoms with E-state index in [-0.39, 0.29) is 36.1 Å².